The molecule has 0 fully saturated rings. The molecule has 1 atom stereocenters. The molecule has 0 spiro atoms. The average Bonchev–Trinajstić information content (AvgIpc) is 2.83. The highest BCUT2D eigenvalue weighted by atomic mass is 35.5. The van der Waals surface area contributed by atoms with Crippen molar-refractivity contribution in [3.05, 3.63) is 53.1 Å². The van der Waals surface area contributed by atoms with E-state index in [0.717, 1.165) is 20.3 Å². The molecule has 1 aromatic heterocycles. The number of rotatable bonds is 3. The largest absolute Gasteiger partial charge is 0.389 e. The molecule has 5 heteroatoms. The molecule has 1 N–H and O–H groups in total. The van der Waals surface area contributed by atoms with Gasteiger partial charge in [0, 0.05) is 4.90 Å². The van der Waals surface area contributed by atoms with Crippen LogP contribution in [0.4, 0.5) is 0 Å². The summed E-state index contributed by atoms with van der Waals surface area (Å²) in [4.78, 5) is 5.53. The van der Waals surface area contributed by atoms with Gasteiger partial charge in [0.15, 0.2) is 4.34 Å². The minimum Gasteiger partial charge on any atom is -0.389 e. The van der Waals surface area contributed by atoms with E-state index in [2.05, 4.69) is 11.1 Å². The Labute approximate surface area is 130 Å². The number of thiazole rings is 1. The summed E-state index contributed by atoms with van der Waals surface area (Å²) in [5, 5.41) is 10.2. The fourth-order valence-electron chi connectivity index (χ4n) is 1.85. The van der Waals surface area contributed by atoms with Crippen molar-refractivity contribution in [2.24, 2.45) is 0 Å². The van der Waals surface area contributed by atoms with Gasteiger partial charge in [0.05, 0.1) is 21.3 Å². The molecular formula is C15H12ClNOS2. The first-order valence-electron chi connectivity index (χ1n) is 6.14. The summed E-state index contributed by atoms with van der Waals surface area (Å²) >= 11 is 9.48. The summed E-state index contributed by atoms with van der Waals surface area (Å²) in [6.45, 7) is 1.73. The number of nitrogens with zero attached hydrogens (tertiary/aromatic N) is 1. The molecule has 2 nitrogen and oxygen atoms in total. The van der Waals surface area contributed by atoms with Gasteiger partial charge >= 0.3 is 0 Å². The van der Waals surface area contributed by atoms with E-state index in [1.807, 2.05) is 36.4 Å². The third kappa shape index (κ3) is 2.83. The predicted molar refractivity (Wildman–Crippen MR) is 85.8 cm³/mol. The predicted octanol–water partition coefficient (Wildman–Crippen LogP) is 5.15. The quantitative estimate of drug-likeness (QED) is 0.723. The Morgan fingerprint density at radius 1 is 1.25 bits per heavy atom. The first-order valence-corrected chi connectivity index (χ1v) is 8.15. The van der Waals surface area contributed by atoms with Gasteiger partial charge in [-0.2, -0.15) is 0 Å². The monoisotopic (exact) mass is 321 g/mol. The Morgan fingerprint density at radius 3 is 2.75 bits per heavy atom. The molecule has 0 saturated carbocycles. The van der Waals surface area contributed by atoms with Gasteiger partial charge < -0.3 is 5.11 Å². The van der Waals surface area contributed by atoms with Gasteiger partial charge in [-0.15, -0.1) is 11.3 Å². The average molecular weight is 322 g/mol. The molecule has 0 radical (unpaired) electrons. The van der Waals surface area contributed by atoms with E-state index in [-0.39, 0.29) is 0 Å². The van der Waals surface area contributed by atoms with Crippen LogP contribution in [0.2, 0.25) is 5.02 Å². The van der Waals surface area contributed by atoms with Crippen molar-refractivity contribution in [3.8, 4) is 0 Å². The normalized spacial score (nSPS) is 12.8. The first-order chi connectivity index (χ1) is 9.63. The molecule has 0 amide bonds. The van der Waals surface area contributed by atoms with Crippen LogP contribution < -0.4 is 0 Å². The first kappa shape index (κ1) is 13.9. The van der Waals surface area contributed by atoms with Crippen LogP contribution in [0.1, 0.15) is 18.6 Å². The van der Waals surface area contributed by atoms with Crippen LogP contribution in [-0.4, -0.2) is 10.1 Å². The SMILES string of the molecule is C[C@@H](O)c1ccc(Sc2nc3ccccc3s2)c(Cl)c1. The Kier molecular flexibility index (Phi) is 3.98. The molecule has 20 heavy (non-hydrogen) atoms. The van der Waals surface area contributed by atoms with E-state index in [0.29, 0.717) is 5.02 Å². The number of benzene rings is 2. The van der Waals surface area contributed by atoms with Crippen LogP contribution in [0.25, 0.3) is 10.2 Å². The number of fused-ring (bicyclic) bond motifs is 1. The van der Waals surface area contributed by atoms with Crippen LogP contribution >= 0.6 is 34.7 Å². The smallest absolute Gasteiger partial charge is 0.155 e. The molecule has 3 rings (SSSR count). The van der Waals surface area contributed by atoms with Gasteiger partial charge in [-0.1, -0.05) is 41.6 Å². The van der Waals surface area contributed by atoms with Gasteiger partial charge in [-0.3, -0.25) is 0 Å². The van der Waals surface area contributed by atoms with Crippen molar-refractivity contribution < 1.29 is 5.11 Å². The van der Waals surface area contributed by atoms with E-state index in [1.165, 1.54) is 4.70 Å². The molecule has 0 unspecified atom stereocenters. The maximum atomic E-state index is 9.55. The maximum Gasteiger partial charge on any atom is 0.155 e. The summed E-state index contributed by atoms with van der Waals surface area (Å²) in [5.74, 6) is 0. The van der Waals surface area contributed by atoms with Crippen molar-refractivity contribution in [3.63, 3.8) is 0 Å². The van der Waals surface area contributed by atoms with Crippen LogP contribution in [0.15, 0.2) is 51.7 Å². The van der Waals surface area contributed by atoms with Gasteiger partial charge in [0.2, 0.25) is 0 Å². The summed E-state index contributed by atoms with van der Waals surface area (Å²) in [6, 6.07) is 13.7. The lowest BCUT2D eigenvalue weighted by molar-refractivity contribution is 0.199. The third-order valence-electron chi connectivity index (χ3n) is 2.91. The van der Waals surface area contributed by atoms with Crippen molar-refractivity contribution in [1.29, 1.82) is 0 Å². The lowest BCUT2D eigenvalue weighted by atomic mass is 10.1. The molecule has 0 saturated heterocycles. The molecule has 0 bridgehead atoms. The van der Waals surface area contributed by atoms with Crippen LogP contribution in [0.5, 0.6) is 0 Å². The van der Waals surface area contributed by atoms with Crippen molar-refractivity contribution >= 4 is 44.9 Å². The Hall–Kier alpha value is -1.07. The Bertz CT molecular complexity index is 721. The minimum atomic E-state index is -0.506. The van der Waals surface area contributed by atoms with E-state index >= 15 is 0 Å². The number of aliphatic hydroxyl groups excluding tert-OH is 1. The summed E-state index contributed by atoms with van der Waals surface area (Å²) in [6.07, 6.45) is -0.506. The Morgan fingerprint density at radius 2 is 2.05 bits per heavy atom. The number of hydrogen-bond acceptors (Lipinski definition) is 4. The lowest BCUT2D eigenvalue weighted by Crippen LogP contribution is -1.90. The van der Waals surface area contributed by atoms with Gasteiger partial charge in [0.25, 0.3) is 0 Å². The number of halogens is 1. The van der Waals surface area contributed by atoms with Crippen LogP contribution in [0.3, 0.4) is 0 Å². The molecule has 1 heterocycles. The highest BCUT2D eigenvalue weighted by Gasteiger charge is 2.10. The minimum absolute atomic E-state index is 0.506. The zero-order chi connectivity index (χ0) is 14.1. The van der Waals surface area contributed by atoms with Crippen LogP contribution in [-0.2, 0) is 0 Å². The highest BCUT2D eigenvalue weighted by Crippen LogP contribution is 2.38. The zero-order valence-corrected chi connectivity index (χ0v) is 13.1. The topological polar surface area (TPSA) is 33.1 Å². The summed E-state index contributed by atoms with van der Waals surface area (Å²) in [5.41, 5.74) is 1.83. The van der Waals surface area contributed by atoms with E-state index < -0.39 is 6.10 Å². The number of hydrogen-bond donors (Lipinski definition) is 1. The molecule has 0 aliphatic rings. The Balaban J connectivity index is 1.90. The standard InChI is InChI=1S/C15H12ClNOS2/c1-9(18)10-6-7-13(11(16)8-10)19-15-17-12-4-2-3-5-14(12)20-15/h2-9,18H,1H3/t9-/m1/s1. The fourth-order valence-corrected chi connectivity index (χ4v) is 4.18. The van der Waals surface area contributed by atoms with E-state index in [4.69, 9.17) is 11.6 Å². The third-order valence-corrected chi connectivity index (χ3v) is 5.51. The van der Waals surface area contributed by atoms with Crippen LogP contribution in [0, 0.1) is 0 Å². The second-order valence-electron chi connectivity index (χ2n) is 4.42. The van der Waals surface area contributed by atoms with E-state index in [9.17, 15) is 5.11 Å². The highest BCUT2D eigenvalue weighted by molar-refractivity contribution is 8.01. The zero-order valence-electron chi connectivity index (χ0n) is 10.7. The molecule has 102 valence electrons. The summed E-state index contributed by atoms with van der Waals surface area (Å²) in [7, 11) is 0. The number of para-hydroxylation sites is 1. The number of aromatic nitrogens is 1. The molecule has 0 aliphatic heterocycles. The second kappa shape index (κ2) is 5.74. The maximum absolute atomic E-state index is 9.55. The molecule has 2 aromatic carbocycles. The van der Waals surface area contributed by atoms with Crippen molar-refractivity contribution in [2.45, 2.75) is 22.3 Å². The van der Waals surface area contributed by atoms with Crippen molar-refractivity contribution in [1.82, 2.24) is 4.98 Å². The molecular weight excluding hydrogens is 310 g/mol. The second-order valence-corrected chi connectivity index (χ2v) is 7.14. The van der Waals surface area contributed by atoms with Gasteiger partial charge in [-0.25, -0.2) is 4.98 Å². The lowest BCUT2D eigenvalue weighted by Gasteiger charge is -2.07. The van der Waals surface area contributed by atoms with Crippen molar-refractivity contribution in [2.75, 3.05) is 0 Å². The molecule has 0 aliphatic carbocycles. The number of aliphatic hydroxyl groups is 1. The van der Waals surface area contributed by atoms with Gasteiger partial charge in [0.1, 0.15) is 0 Å². The van der Waals surface area contributed by atoms with E-state index in [1.54, 1.807) is 30.0 Å². The van der Waals surface area contributed by atoms with Gasteiger partial charge in [-0.05, 0) is 36.8 Å². The fraction of sp³-hybridized carbons (Fsp3) is 0.133. The summed E-state index contributed by atoms with van der Waals surface area (Å²) < 4.78 is 2.14. The molecule has 3 aromatic rings.